The van der Waals surface area contributed by atoms with Gasteiger partial charge in [0, 0.05) is 55.5 Å². The highest BCUT2D eigenvalue weighted by Crippen LogP contribution is 2.32. The van der Waals surface area contributed by atoms with E-state index in [0.29, 0.717) is 42.0 Å². The van der Waals surface area contributed by atoms with Gasteiger partial charge < -0.3 is 14.8 Å². The first-order valence-corrected chi connectivity index (χ1v) is 11.8. The lowest BCUT2D eigenvalue weighted by Crippen LogP contribution is -2.41. The van der Waals surface area contributed by atoms with Crippen LogP contribution in [0.2, 0.25) is 5.02 Å². The number of hydrogen-bond donors (Lipinski definition) is 1. The summed E-state index contributed by atoms with van der Waals surface area (Å²) in [7, 11) is -3.76. The summed E-state index contributed by atoms with van der Waals surface area (Å²) < 4.78 is 38.8. The number of fused-ring (bicyclic) bond motifs is 1. The zero-order valence-electron chi connectivity index (χ0n) is 16.4. The number of aromatic nitrogens is 1. The smallest absolute Gasteiger partial charge is 0.246 e. The maximum Gasteiger partial charge on any atom is 0.246 e. The molecule has 1 aromatic carbocycles. The number of pyridine rings is 1. The first-order chi connectivity index (χ1) is 14.4. The molecule has 2 fully saturated rings. The summed E-state index contributed by atoms with van der Waals surface area (Å²) in [6, 6.07) is 4.75. The topological polar surface area (TPSA) is 97.8 Å². The van der Waals surface area contributed by atoms with Gasteiger partial charge in [-0.1, -0.05) is 23.7 Å². The van der Waals surface area contributed by atoms with Crippen molar-refractivity contribution in [1.29, 1.82) is 0 Å². The molecule has 8 nitrogen and oxygen atoms in total. The maximum absolute atomic E-state index is 13.3. The van der Waals surface area contributed by atoms with Gasteiger partial charge in [0.05, 0.1) is 16.0 Å². The van der Waals surface area contributed by atoms with Crippen LogP contribution in [-0.2, 0) is 24.3 Å². The average molecular weight is 454 g/mol. The minimum Gasteiger partial charge on any atom is -0.381 e. The lowest BCUT2D eigenvalue weighted by molar-refractivity contribution is -0.130. The molecule has 0 spiro atoms. The fourth-order valence-corrected chi connectivity index (χ4v) is 5.94. The molecule has 0 radical (unpaired) electrons. The quantitative estimate of drug-likeness (QED) is 0.718. The molecule has 1 N–H and O–H groups in total. The summed E-state index contributed by atoms with van der Waals surface area (Å²) in [5, 5.41) is 4.30. The lowest BCUT2D eigenvalue weighted by atomic mass is 10.1. The molecular formula is C20H24ClN3O5S. The number of nitrogens with zero attached hydrogens (tertiary/aromatic N) is 2. The zero-order chi connectivity index (χ0) is 21.1. The second kappa shape index (κ2) is 9.15. The van der Waals surface area contributed by atoms with Gasteiger partial charge in [0.1, 0.15) is 6.61 Å². The van der Waals surface area contributed by atoms with Gasteiger partial charge in [-0.05, 0) is 25.3 Å². The zero-order valence-corrected chi connectivity index (χ0v) is 18.0. The number of carbonyl (C=O) groups is 1. The second-order valence-electron chi connectivity index (χ2n) is 7.51. The van der Waals surface area contributed by atoms with Crippen LogP contribution in [0.3, 0.4) is 0 Å². The molecule has 2 aromatic rings. The van der Waals surface area contributed by atoms with Gasteiger partial charge in [0.2, 0.25) is 15.9 Å². The molecule has 10 heteroatoms. The third-order valence-electron chi connectivity index (χ3n) is 5.45. The number of hydrogen-bond acceptors (Lipinski definition) is 6. The molecule has 162 valence electrons. The van der Waals surface area contributed by atoms with Gasteiger partial charge in [-0.25, -0.2) is 8.42 Å². The van der Waals surface area contributed by atoms with Crippen molar-refractivity contribution in [3.63, 3.8) is 0 Å². The fraction of sp³-hybridized carbons (Fsp3) is 0.500. The van der Waals surface area contributed by atoms with Crippen LogP contribution in [0.25, 0.3) is 10.8 Å². The summed E-state index contributed by atoms with van der Waals surface area (Å²) in [6.45, 7) is 1.81. The van der Waals surface area contributed by atoms with Crippen LogP contribution in [0, 0.1) is 0 Å². The van der Waals surface area contributed by atoms with Crippen molar-refractivity contribution < 1.29 is 22.7 Å². The summed E-state index contributed by atoms with van der Waals surface area (Å²) in [5.74, 6) is -0.231. The van der Waals surface area contributed by atoms with Gasteiger partial charge in [0.15, 0.2) is 0 Å². The Morgan fingerprint density at radius 3 is 2.87 bits per heavy atom. The Bertz CT molecular complexity index is 1020. The van der Waals surface area contributed by atoms with Gasteiger partial charge >= 0.3 is 0 Å². The van der Waals surface area contributed by atoms with Gasteiger partial charge in [0.25, 0.3) is 0 Å². The highest BCUT2D eigenvalue weighted by Gasteiger charge is 2.34. The van der Waals surface area contributed by atoms with Crippen molar-refractivity contribution >= 4 is 38.3 Å². The van der Waals surface area contributed by atoms with E-state index in [2.05, 4.69) is 10.3 Å². The van der Waals surface area contributed by atoms with Crippen molar-refractivity contribution in [3.05, 3.63) is 35.6 Å². The number of sulfonamides is 1. The Hall–Kier alpha value is -1.78. The maximum atomic E-state index is 13.3. The Morgan fingerprint density at radius 2 is 2.07 bits per heavy atom. The summed E-state index contributed by atoms with van der Waals surface area (Å²) in [6.07, 6.45) is 5.18. The number of rotatable bonds is 6. The Balaban J connectivity index is 1.40. The van der Waals surface area contributed by atoms with E-state index in [-0.39, 0.29) is 36.1 Å². The van der Waals surface area contributed by atoms with Gasteiger partial charge in [-0.3, -0.25) is 9.78 Å². The Labute approximate surface area is 180 Å². The van der Waals surface area contributed by atoms with E-state index in [9.17, 15) is 13.2 Å². The van der Waals surface area contributed by atoms with Crippen LogP contribution in [-0.4, -0.2) is 68.7 Å². The molecule has 3 heterocycles. The number of amides is 1. The summed E-state index contributed by atoms with van der Waals surface area (Å²) in [4.78, 5) is 16.4. The number of ether oxygens (including phenoxy) is 2. The Kier molecular flexibility index (Phi) is 6.54. The standard InChI is InChI=1S/C20H24ClN3O5S/c21-17-11-22-10-14-2-1-3-18(20(14)17)30(26,27)24-7-4-15(12-24)23-19(25)13-29-16-5-8-28-9-6-16/h1-3,10-11,15-16H,4-9,12-13H2,(H,23,25)/t15-/m1/s1. The molecular weight excluding hydrogens is 430 g/mol. The van der Waals surface area contributed by atoms with E-state index in [0.717, 1.165) is 12.8 Å². The van der Waals surface area contributed by atoms with E-state index in [1.807, 2.05) is 0 Å². The van der Waals surface area contributed by atoms with Crippen molar-refractivity contribution in [2.24, 2.45) is 0 Å². The number of halogens is 1. The molecule has 0 saturated carbocycles. The van der Waals surface area contributed by atoms with Crippen LogP contribution in [0.15, 0.2) is 35.5 Å². The van der Waals surface area contributed by atoms with E-state index >= 15 is 0 Å². The first kappa shape index (κ1) is 21.5. The molecule has 2 aliphatic rings. The molecule has 2 saturated heterocycles. The monoisotopic (exact) mass is 453 g/mol. The average Bonchev–Trinajstić information content (AvgIpc) is 3.22. The highest BCUT2D eigenvalue weighted by molar-refractivity contribution is 7.89. The van der Waals surface area contributed by atoms with Crippen molar-refractivity contribution in [1.82, 2.24) is 14.6 Å². The lowest BCUT2D eigenvalue weighted by Gasteiger charge is -2.22. The largest absolute Gasteiger partial charge is 0.381 e. The minimum absolute atomic E-state index is 0.0279. The van der Waals surface area contributed by atoms with Crippen molar-refractivity contribution in [3.8, 4) is 0 Å². The molecule has 0 unspecified atom stereocenters. The molecule has 1 amide bonds. The highest BCUT2D eigenvalue weighted by atomic mass is 35.5. The molecule has 1 atom stereocenters. The van der Waals surface area contributed by atoms with Gasteiger partial charge in [-0.15, -0.1) is 0 Å². The van der Waals surface area contributed by atoms with Crippen LogP contribution in [0.4, 0.5) is 0 Å². The molecule has 0 aliphatic carbocycles. The minimum atomic E-state index is -3.76. The normalized spacial score (nSPS) is 21.2. The van der Waals surface area contributed by atoms with Crippen molar-refractivity contribution in [2.75, 3.05) is 32.9 Å². The van der Waals surface area contributed by atoms with Crippen LogP contribution >= 0.6 is 11.6 Å². The SMILES string of the molecule is O=C(COC1CCOCC1)N[C@@H]1CCN(S(=O)(=O)c2cccc3cncc(Cl)c23)C1. The third kappa shape index (κ3) is 4.60. The molecule has 30 heavy (non-hydrogen) atoms. The summed E-state index contributed by atoms with van der Waals surface area (Å²) in [5.41, 5.74) is 0. The number of carbonyl (C=O) groups excluding carboxylic acids is 1. The molecule has 2 aliphatic heterocycles. The third-order valence-corrected chi connectivity index (χ3v) is 7.65. The number of nitrogens with one attached hydrogen (secondary N) is 1. The summed E-state index contributed by atoms with van der Waals surface area (Å²) >= 11 is 6.25. The van der Waals surface area contributed by atoms with Crippen LogP contribution in [0.5, 0.6) is 0 Å². The Morgan fingerprint density at radius 1 is 1.27 bits per heavy atom. The second-order valence-corrected chi connectivity index (χ2v) is 9.83. The predicted molar refractivity (Wildman–Crippen MR) is 112 cm³/mol. The van der Waals surface area contributed by atoms with Crippen molar-refractivity contribution in [2.45, 2.75) is 36.3 Å². The molecule has 4 rings (SSSR count). The van der Waals surface area contributed by atoms with E-state index in [1.54, 1.807) is 24.4 Å². The number of benzene rings is 1. The van der Waals surface area contributed by atoms with Gasteiger partial charge in [-0.2, -0.15) is 4.31 Å². The molecule has 1 aromatic heterocycles. The molecule has 0 bridgehead atoms. The first-order valence-electron chi connectivity index (χ1n) is 9.96. The van der Waals surface area contributed by atoms with Crippen LogP contribution in [0.1, 0.15) is 19.3 Å². The fourth-order valence-electron chi connectivity index (χ4n) is 3.88. The van der Waals surface area contributed by atoms with Crippen LogP contribution < -0.4 is 5.32 Å². The predicted octanol–water partition coefficient (Wildman–Crippen LogP) is 1.96. The van der Waals surface area contributed by atoms with E-state index in [1.165, 1.54) is 10.5 Å². The van der Waals surface area contributed by atoms with E-state index in [4.69, 9.17) is 21.1 Å². The van der Waals surface area contributed by atoms with E-state index < -0.39 is 10.0 Å².